The van der Waals surface area contributed by atoms with Crippen LogP contribution in [-0.2, 0) is 12.7 Å². The summed E-state index contributed by atoms with van der Waals surface area (Å²) in [6.07, 6.45) is 1.58. The summed E-state index contributed by atoms with van der Waals surface area (Å²) in [7, 11) is 0. The Bertz CT molecular complexity index is 873. The fourth-order valence-electron chi connectivity index (χ4n) is 3.51. The van der Waals surface area contributed by atoms with Gasteiger partial charge in [0.1, 0.15) is 11.6 Å². The summed E-state index contributed by atoms with van der Waals surface area (Å²) in [5.74, 6) is 1.27. The summed E-state index contributed by atoms with van der Waals surface area (Å²) in [5.41, 5.74) is 1.59. The molecule has 1 aromatic heterocycles. The van der Waals surface area contributed by atoms with Gasteiger partial charge in [-0.2, -0.15) is 13.2 Å². The number of alkyl halides is 3. The molecular weight excluding hydrogens is 367 g/mol. The van der Waals surface area contributed by atoms with Crippen molar-refractivity contribution in [3.8, 4) is 0 Å². The highest BCUT2D eigenvalue weighted by atomic mass is 19.4. The summed E-state index contributed by atoms with van der Waals surface area (Å²) >= 11 is 0. The third-order valence-electron chi connectivity index (χ3n) is 4.92. The van der Waals surface area contributed by atoms with Crippen molar-refractivity contribution in [2.24, 2.45) is 0 Å². The number of hydrogen-bond acceptors (Lipinski definition) is 5. The van der Waals surface area contributed by atoms with Crippen LogP contribution in [-0.4, -0.2) is 24.1 Å². The summed E-state index contributed by atoms with van der Waals surface area (Å²) in [4.78, 5) is 4.66. The van der Waals surface area contributed by atoms with Crippen molar-refractivity contribution in [3.63, 3.8) is 0 Å². The molecule has 2 aromatic rings. The first kappa shape index (κ1) is 18.6. The lowest BCUT2D eigenvalue weighted by atomic mass is 10.0. The maximum atomic E-state index is 13.0. The minimum Gasteiger partial charge on any atom is -0.387 e. The SMILES string of the molecule is FC(F)(F)c1cccc(Nc2nc(N[C@@H]3CCCNC3)cc3c2CNC=C3)c1. The number of fused-ring (bicyclic) bond motifs is 1. The van der Waals surface area contributed by atoms with Gasteiger partial charge in [-0.15, -0.1) is 0 Å². The Kier molecular flexibility index (Phi) is 5.13. The number of nitrogens with zero attached hydrogens (tertiary/aromatic N) is 1. The summed E-state index contributed by atoms with van der Waals surface area (Å²) in [6.45, 7) is 2.45. The maximum Gasteiger partial charge on any atom is 0.416 e. The van der Waals surface area contributed by atoms with Crippen LogP contribution in [0.3, 0.4) is 0 Å². The van der Waals surface area contributed by atoms with Crippen LogP contribution in [0, 0.1) is 0 Å². The average Bonchev–Trinajstić information content (AvgIpc) is 2.68. The highest BCUT2D eigenvalue weighted by molar-refractivity contribution is 5.71. The van der Waals surface area contributed by atoms with Crippen molar-refractivity contribution in [2.45, 2.75) is 31.6 Å². The van der Waals surface area contributed by atoms with E-state index in [4.69, 9.17) is 0 Å². The summed E-state index contributed by atoms with van der Waals surface area (Å²) in [5, 5.41) is 13.0. The Labute approximate surface area is 161 Å². The third-order valence-corrected chi connectivity index (χ3v) is 4.92. The topological polar surface area (TPSA) is 61.0 Å². The van der Waals surface area contributed by atoms with Gasteiger partial charge in [-0.25, -0.2) is 4.98 Å². The molecule has 1 atom stereocenters. The van der Waals surface area contributed by atoms with Gasteiger partial charge in [-0.1, -0.05) is 6.07 Å². The van der Waals surface area contributed by atoms with Crippen LogP contribution < -0.4 is 21.3 Å². The molecule has 28 heavy (non-hydrogen) atoms. The highest BCUT2D eigenvalue weighted by Gasteiger charge is 2.30. The molecule has 2 aliphatic rings. The molecule has 0 unspecified atom stereocenters. The average molecular weight is 389 g/mol. The molecular formula is C20H22F3N5. The van der Waals surface area contributed by atoms with E-state index in [0.717, 1.165) is 49.2 Å². The van der Waals surface area contributed by atoms with Gasteiger partial charge in [0, 0.05) is 30.4 Å². The normalized spacial score (nSPS) is 18.9. The van der Waals surface area contributed by atoms with Crippen molar-refractivity contribution in [1.29, 1.82) is 0 Å². The van der Waals surface area contributed by atoms with Gasteiger partial charge in [0.15, 0.2) is 0 Å². The van der Waals surface area contributed by atoms with Crippen LogP contribution in [0.4, 0.5) is 30.5 Å². The number of pyridine rings is 1. The second-order valence-electron chi connectivity index (χ2n) is 7.03. The highest BCUT2D eigenvalue weighted by Crippen LogP contribution is 2.33. The van der Waals surface area contributed by atoms with E-state index in [2.05, 4.69) is 26.3 Å². The molecule has 0 bridgehead atoms. The number of halogens is 3. The molecule has 0 amide bonds. The molecule has 2 aliphatic heterocycles. The minimum atomic E-state index is -4.38. The van der Waals surface area contributed by atoms with Crippen molar-refractivity contribution < 1.29 is 13.2 Å². The van der Waals surface area contributed by atoms with E-state index in [1.807, 2.05) is 18.3 Å². The van der Waals surface area contributed by atoms with Crippen LogP contribution in [0.25, 0.3) is 6.08 Å². The number of piperidine rings is 1. The Morgan fingerprint density at radius 3 is 2.86 bits per heavy atom. The molecule has 0 spiro atoms. The number of rotatable bonds is 4. The van der Waals surface area contributed by atoms with Crippen molar-refractivity contribution in [1.82, 2.24) is 15.6 Å². The van der Waals surface area contributed by atoms with Crippen molar-refractivity contribution in [2.75, 3.05) is 23.7 Å². The van der Waals surface area contributed by atoms with E-state index in [0.29, 0.717) is 23.9 Å². The molecule has 5 nitrogen and oxygen atoms in total. The lowest BCUT2D eigenvalue weighted by Gasteiger charge is -2.26. The molecule has 1 fully saturated rings. The van der Waals surface area contributed by atoms with Crippen LogP contribution in [0.2, 0.25) is 0 Å². The number of aromatic nitrogens is 1. The van der Waals surface area contributed by atoms with E-state index >= 15 is 0 Å². The second kappa shape index (κ2) is 7.71. The number of anilines is 3. The second-order valence-corrected chi connectivity index (χ2v) is 7.03. The Balaban J connectivity index is 1.64. The van der Waals surface area contributed by atoms with E-state index < -0.39 is 11.7 Å². The van der Waals surface area contributed by atoms with E-state index in [-0.39, 0.29) is 6.04 Å². The van der Waals surface area contributed by atoms with Gasteiger partial charge < -0.3 is 21.3 Å². The lowest BCUT2D eigenvalue weighted by molar-refractivity contribution is -0.137. The molecule has 0 aliphatic carbocycles. The Hall–Kier alpha value is -2.74. The predicted molar refractivity (Wildman–Crippen MR) is 104 cm³/mol. The van der Waals surface area contributed by atoms with Crippen molar-refractivity contribution in [3.05, 3.63) is 53.2 Å². The zero-order valence-electron chi connectivity index (χ0n) is 15.2. The number of hydrogen-bond donors (Lipinski definition) is 4. The lowest BCUT2D eigenvalue weighted by Crippen LogP contribution is -2.38. The van der Waals surface area contributed by atoms with E-state index in [9.17, 15) is 13.2 Å². The fraction of sp³-hybridized carbons (Fsp3) is 0.350. The van der Waals surface area contributed by atoms with Gasteiger partial charge >= 0.3 is 6.18 Å². The van der Waals surface area contributed by atoms with Crippen LogP contribution >= 0.6 is 0 Å². The van der Waals surface area contributed by atoms with Crippen molar-refractivity contribution >= 4 is 23.4 Å². The van der Waals surface area contributed by atoms with Gasteiger partial charge in [-0.05, 0) is 61.5 Å². The number of nitrogens with one attached hydrogen (secondary N) is 4. The van der Waals surface area contributed by atoms with Gasteiger partial charge in [0.2, 0.25) is 0 Å². The summed E-state index contributed by atoms with van der Waals surface area (Å²) < 4.78 is 39.1. The first-order chi connectivity index (χ1) is 13.5. The molecule has 4 N–H and O–H groups in total. The first-order valence-corrected chi connectivity index (χ1v) is 9.34. The molecule has 1 saturated heterocycles. The first-order valence-electron chi connectivity index (χ1n) is 9.34. The largest absolute Gasteiger partial charge is 0.416 e. The quantitative estimate of drug-likeness (QED) is 0.635. The van der Waals surface area contributed by atoms with Crippen LogP contribution in [0.15, 0.2) is 36.5 Å². The Morgan fingerprint density at radius 2 is 2.07 bits per heavy atom. The third kappa shape index (κ3) is 4.22. The fourth-order valence-corrected chi connectivity index (χ4v) is 3.51. The van der Waals surface area contributed by atoms with Gasteiger partial charge in [-0.3, -0.25) is 0 Å². The molecule has 0 saturated carbocycles. The zero-order chi connectivity index (χ0) is 19.6. The van der Waals surface area contributed by atoms with Gasteiger partial charge in [0.05, 0.1) is 5.56 Å². The molecule has 148 valence electrons. The Morgan fingerprint density at radius 1 is 1.18 bits per heavy atom. The van der Waals surface area contributed by atoms with Crippen LogP contribution in [0.5, 0.6) is 0 Å². The number of benzene rings is 1. The van der Waals surface area contributed by atoms with E-state index in [1.165, 1.54) is 6.07 Å². The minimum absolute atomic E-state index is 0.284. The smallest absolute Gasteiger partial charge is 0.387 e. The zero-order valence-corrected chi connectivity index (χ0v) is 15.2. The molecule has 4 rings (SSSR count). The summed E-state index contributed by atoms with van der Waals surface area (Å²) in [6, 6.07) is 7.44. The predicted octanol–water partition coefficient (Wildman–Crippen LogP) is 4.08. The van der Waals surface area contributed by atoms with Gasteiger partial charge in [0.25, 0.3) is 0 Å². The molecule has 3 heterocycles. The maximum absolute atomic E-state index is 13.0. The molecule has 0 radical (unpaired) electrons. The molecule has 8 heteroatoms. The monoisotopic (exact) mass is 389 g/mol. The molecule has 1 aromatic carbocycles. The van der Waals surface area contributed by atoms with E-state index in [1.54, 1.807) is 6.07 Å². The standard InChI is InChI=1S/C20H22F3N5/c21-20(22,23)14-3-1-4-15(10-14)27-19-17-12-25-8-6-13(17)9-18(28-19)26-16-5-2-7-24-11-16/h1,3-4,6,8-10,16,24-25H,2,5,7,11-12H2,(H2,26,27,28)/t16-/m1/s1. The van der Waals surface area contributed by atoms with Crippen LogP contribution in [0.1, 0.15) is 29.5 Å².